The molecular formula is C39H56O3. The van der Waals surface area contributed by atoms with Crippen LogP contribution in [0.3, 0.4) is 0 Å². The molecule has 0 unspecified atom stereocenters. The second-order valence-electron chi connectivity index (χ2n) is 15.3. The summed E-state index contributed by atoms with van der Waals surface area (Å²) in [6.07, 6.45) is 23.3. The van der Waals surface area contributed by atoms with Crippen molar-refractivity contribution in [2.45, 2.75) is 124 Å². The van der Waals surface area contributed by atoms with Gasteiger partial charge in [-0.15, -0.1) is 6.42 Å². The van der Waals surface area contributed by atoms with Crippen LogP contribution >= 0.6 is 0 Å². The molecule has 3 fully saturated rings. The summed E-state index contributed by atoms with van der Waals surface area (Å²) in [4.78, 5) is 12.7. The van der Waals surface area contributed by atoms with Gasteiger partial charge in [0.2, 0.25) is 0 Å². The van der Waals surface area contributed by atoms with Crippen molar-refractivity contribution < 1.29 is 14.3 Å². The van der Waals surface area contributed by atoms with Crippen molar-refractivity contribution in [3.05, 3.63) is 41.5 Å². The third kappa shape index (κ3) is 6.49. The summed E-state index contributed by atoms with van der Waals surface area (Å²) >= 11 is 0. The Bertz CT molecular complexity index is 1140. The van der Waals surface area contributed by atoms with Gasteiger partial charge in [0.1, 0.15) is 11.9 Å². The van der Waals surface area contributed by atoms with E-state index in [1.807, 2.05) is 24.3 Å². The second kappa shape index (κ2) is 13.2. The fourth-order valence-corrected chi connectivity index (χ4v) is 10.1. The van der Waals surface area contributed by atoms with E-state index in [4.69, 9.17) is 15.9 Å². The molecule has 42 heavy (non-hydrogen) atoms. The molecule has 1 aromatic carbocycles. The average molecular weight is 573 g/mol. The first-order valence-corrected chi connectivity index (χ1v) is 17.2. The molecule has 3 heteroatoms. The van der Waals surface area contributed by atoms with Crippen LogP contribution in [0.4, 0.5) is 0 Å². The molecule has 0 bridgehead atoms. The van der Waals surface area contributed by atoms with Gasteiger partial charge >= 0.3 is 5.97 Å². The number of carbonyl (C=O) groups is 1. The predicted molar refractivity (Wildman–Crippen MR) is 172 cm³/mol. The molecule has 0 heterocycles. The fraction of sp³-hybridized carbons (Fsp3) is 0.718. The summed E-state index contributed by atoms with van der Waals surface area (Å²) in [5.74, 6) is 8.42. The molecule has 0 spiro atoms. The number of hydrogen-bond acceptors (Lipinski definition) is 3. The second-order valence-corrected chi connectivity index (χ2v) is 15.3. The van der Waals surface area contributed by atoms with Crippen molar-refractivity contribution in [1.29, 1.82) is 0 Å². The molecule has 4 aliphatic carbocycles. The van der Waals surface area contributed by atoms with Crippen molar-refractivity contribution in [1.82, 2.24) is 0 Å². The maximum Gasteiger partial charge on any atom is 0.306 e. The Kier molecular flexibility index (Phi) is 9.81. The summed E-state index contributed by atoms with van der Waals surface area (Å²) in [5, 5.41) is 0. The van der Waals surface area contributed by atoms with Crippen LogP contribution in [0.5, 0.6) is 5.75 Å². The van der Waals surface area contributed by atoms with Gasteiger partial charge in [-0.25, -0.2) is 0 Å². The number of hydrogen-bond donors (Lipinski definition) is 0. The van der Waals surface area contributed by atoms with E-state index in [-0.39, 0.29) is 17.5 Å². The van der Waals surface area contributed by atoms with E-state index in [2.05, 4.69) is 46.6 Å². The number of rotatable bonds is 11. The summed E-state index contributed by atoms with van der Waals surface area (Å²) in [5.41, 5.74) is 3.25. The standard InChI is InChI=1S/C39H56O3/c1-7-29-13-16-31(17-14-29)41-25-9-12-37(40)42-32-21-23-38(5)30(26-32)15-18-33-35-20-19-34(28(4)11-8-10-27(2)3)39(35,6)24-22-36(33)38/h1,13-17,27-28,32-36H,8-12,18-26H2,2-6H3/t28-,32+,33+,34-,35+,36+,38+,39-/m1/s1. The van der Waals surface area contributed by atoms with E-state index in [9.17, 15) is 4.79 Å². The summed E-state index contributed by atoms with van der Waals surface area (Å²) < 4.78 is 11.8. The van der Waals surface area contributed by atoms with Gasteiger partial charge in [-0.1, -0.05) is 71.5 Å². The monoisotopic (exact) mass is 572 g/mol. The molecule has 3 nitrogen and oxygen atoms in total. The first kappa shape index (κ1) is 31.2. The smallest absolute Gasteiger partial charge is 0.306 e. The number of carbonyl (C=O) groups excluding carboxylic acids is 1. The van der Waals surface area contributed by atoms with E-state index in [0.717, 1.165) is 66.1 Å². The van der Waals surface area contributed by atoms with Gasteiger partial charge in [0.05, 0.1) is 6.61 Å². The van der Waals surface area contributed by atoms with Crippen LogP contribution in [0.1, 0.15) is 124 Å². The largest absolute Gasteiger partial charge is 0.494 e. The van der Waals surface area contributed by atoms with E-state index >= 15 is 0 Å². The minimum absolute atomic E-state index is 0.0296. The van der Waals surface area contributed by atoms with Crippen molar-refractivity contribution >= 4 is 5.97 Å². The lowest BCUT2D eigenvalue weighted by atomic mass is 9.47. The zero-order valence-electron chi connectivity index (χ0n) is 27.1. The third-order valence-corrected chi connectivity index (χ3v) is 12.4. The maximum absolute atomic E-state index is 12.7. The number of terminal acetylenes is 1. The highest BCUT2D eigenvalue weighted by atomic mass is 16.5. The summed E-state index contributed by atoms with van der Waals surface area (Å²) in [6, 6.07) is 7.50. The SMILES string of the molecule is C#Cc1ccc(OCCCC(=O)O[C@H]2CC[C@@]3(C)C(=CC[C@H]4[C@@H]5CC[C@H]([C@H](C)CCCC(C)C)[C@@]5(C)CC[C@@H]43)C2)cc1. The molecular weight excluding hydrogens is 516 g/mol. The van der Waals surface area contributed by atoms with Gasteiger partial charge in [0.15, 0.2) is 0 Å². The molecule has 1 aromatic rings. The van der Waals surface area contributed by atoms with Gasteiger partial charge < -0.3 is 9.47 Å². The van der Waals surface area contributed by atoms with Crippen LogP contribution in [-0.2, 0) is 9.53 Å². The van der Waals surface area contributed by atoms with E-state index < -0.39 is 0 Å². The number of allylic oxidation sites excluding steroid dienone is 1. The molecule has 0 amide bonds. The zero-order chi connectivity index (χ0) is 29.9. The topological polar surface area (TPSA) is 35.5 Å². The quantitative estimate of drug-likeness (QED) is 0.115. The van der Waals surface area contributed by atoms with E-state index in [1.165, 1.54) is 51.4 Å². The van der Waals surface area contributed by atoms with Crippen LogP contribution in [0.2, 0.25) is 0 Å². The van der Waals surface area contributed by atoms with Gasteiger partial charge in [-0.2, -0.15) is 0 Å². The van der Waals surface area contributed by atoms with Crippen molar-refractivity contribution in [2.24, 2.45) is 46.3 Å². The first-order chi connectivity index (χ1) is 20.1. The molecule has 0 aromatic heterocycles. The average Bonchev–Trinajstić information content (AvgIpc) is 3.33. The number of fused-ring (bicyclic) bond motifs is 5. The molecule has 5 rings (SSSR count). The van der Waals surface area contributed by atoms with Crippen LogP contribution in [0.25, 0.3) is 0 Å². The Morgan fingerprint density at radius 2 is 1.79 bits per heavy atom. The van der Waals surface area contributed by atoms with Crippen LogP contribution in [0, 0.1) is 58.7 Å². The minimum Gasteiger partial charge on any atom is -0.494 e. The third-order valence-electron chi connectivity index (χ3n) is 12.4. The van der Waals surface area contributed by atoms with Gasteiger partial charge in [0, 0.05) is 18.4 Å². The van der Waals surface area contributed by atoms with Gasteiger partial charge in [0.25, 0.3) is 0 Å². The number of benzene rings is 1. The molecule has 0 aliphatic heterocycles. The van der Waals surface area contributed by atoms with Crippen molar-refractivity contribution in [2.75, 3.05) is 6.61 Å². The van der Waals surface area contributed by atoms with Crippen LogP contribution in [-0.4, -0.2) is 18.7 Å². The normalized spacial score (nSPS) is 34.4. The molecule has 4 aliphatic rings. The molecule has 0 N–H and O–H groups in total. The number of ether oxygens (including phenoxy) is 2. The Labute approximate surface area is 256 Å². The Balaban J connectivity index is 1.12. The summed E-state index contributed by atoms with van der Waals surface area (Å²) in [7, 11) is 0. The van der Waals surface area contributed by atoms with Crippen molar-refractivity contribution in [3.8, 4) is 18.1 Å². The van der Waals surface area contributed by atoms with Crippen LogP contribution in [0.15, 0.2) is 35.9 Å². The Morgan fingerprint density at radius 3 is 2.52 bits per heavy atom. The molecule has 0 saturated heterocycles. The van der Waals surface area contributed by atoms with Gasteiger partial charge in [-0.05, 0) is 122 Å². The molecule has 3 saturated carbocycles. The van der Waals surface area contributed by atoms with E-state index in [0.29, 0.717) is 24.9 Å². The molecule has 8 atom stereocenters. The lowest BCUT2D eigenvalue weighted by molar-refractivity contribution is -0.151. The lowest BCUT2D eigenvalue weighted by Crippen LogP contribution is -2.51. The Hall–Kier alpha value is -2.21. The number of esters is 1. The molecule has 0 radical (unpaired) electrons. The lowest BCUT2D eigenvalue weighted by Gasteiger charge is -2.58. The van der Waals surface area contributed by atoms with Crippen molar-refractivity contribution in [3.63, 3.8) is 0 Å². The zero-order valence-corrected chi connectivity index (χ0v) is 27.1. The Morgan fingerprint density at radius 1 is 1.00 bits per heavy atom. The highest BCUT2D eigenvalue weighted by Gasteiger charge is 2.59. The van der Waals surface area contributed by atoms with Gasteiger partial charge in [-0.3, -0.25) is 4.79 Å². The summed E-state index contributed by atoms with van der Waals surface area (Å²) in [6.45, 7) is 13.0. The highest BCUT2D eigenvalue weighted by Crippen LogP contribution is 2.67. The maximum atomic E-state index is 12.7. The van der Waals surface area contributed by atoms with Crippen LogP contribution < -0.4 is 4.74 Å². The molecule has 230 valence electrons. The van der Waals surface area contributed by atoms with E-state index in [1.54, 1.807) is 5.57 Å². The first-order valence-electron chi connectivity index (χ1n) is 17.2. The minimum atomic E-state index is -0.0860. The highest BCUT2D eigenvalue weighted by molar-refractivity contribution is 5.69. The predicted octanol–water partition coefficient (Wildman–Crippen LogP) is 9.78. The fourth-order valence-electron chi connectivity index (χ4n) is 10.1.